The molecule has 2 rings (SSSR count). The van der Waals surface area contributed by atoms with Crippen molar-refractivity contribution in [3.05, 3.63) is 48.6 Å². The third-order valence-corrected chi connectivity index (χ3v) is 2.15. The number of anilines is 1. The van der Waals surface area contributed by atoms with Gasteiger partial charge >= 0.3 is 17.7 Å². The van der Waals surface area contributed by atoms with Crippen molar-refractivity contribution >= 4 is 23.5 Å². The summed E-state index contributed by atoms with van der Waals surface area (Å²) in [5.74, 6) is -2.42. The topological polar surface area (TPSA) is 113 Å². The first-order valence-electron chi connectivity index (χ1n) is 5.53. The molecule has 2 aromatic rings. The van der Waals surface area contributed by atoms with Crippen molar-refractivity contribution in [3.63, 3.8) is 0 Å². The Morgan fingerprint density at radius 3 is 2.50 bits per heavy atom. The van der Waals surface area contributed by atoms with Crippen LogP contribution in [0.15, 0.2) is 47.2 Å². The molecule has 20 heavy (non-hydrogen) atoms. The van der Waals surface area contributed by atoms with Gasteiger partial charge in [0.15, 0.2) is 5.76 Å². The predicted octanol–water partition coefficient (Wildman–Crippen LogP) is 0.0743. The van der Waals surface area contributed by atoms with Crippen molar-refractivity contribution in [1.29, 1.82) is 0 Å². The van der Waals surface area contributed by atoms with E-state index < -0.39 is 17.7 Å². The second-order valence-corrected chi connectivity index (χ2v) is 3.55. The molecule has 3 N–H and O–H groups in total. The van der Waals surface area contributed by atoms with Crippen LogP contribution in [0.5, 0.6) is 0 Å². The van der Waals surface area contributed by atoms with E-state index in [0.717, 1.165) is 0 Å². The van der Waals surface area contributed by atoms with Crippen molar-refractivity contribution in [2.24, 2.45) is 0 Å². The molecule has 2 aromatic heterocycles. The second kappa shape index (κ2) is 6.14. The molecule has 2 heterocycles. The van der Waals surface area contributed by atoms with Crippen LogP contribution in [0, 0.1) is 0 Å². The van der Waals surface area contributed by atoms with Crippen molar-refractivity contribution in [1.82, 2.24) is 15.8 Å². The first-order chi connectivity index (χ1) is 9.66. The third-order valence-electron chi connectivity index (χ3n) is 2.15. The number of nitrogens with zero attached hydrogens (tertiary/aromatic N) is 1. The molecule has 8 nitrogen and oxygen atoms in total. The molecule has 0 aliphatic rings. The number of rotatable bonds is 2. The molecule has 102 valence electrons. The quantitative estimate of drug-likeness (QED) is 0.530. The minimum Gasteiger partial charge on any atom is -0.459 e. The van der Waals surface area contributed by atoms with Gasteiger partial charge in [-0.2, -0.15) is 0 Å². The Balaban J connectivity index is 1.83. The summed E-state index contributed by atoms with van der Waals surface area (Å²) in [4.78, 5) is 38.1. The second-order valence-electron chi connectivity index (χ2n) is 3.55. The van der Waals surface area contributed by atoms with E-state index in [2.05, 4.69) is 10.3 Å². The molecular weight excluding hydrogens is 264 g/mol. The molecule has 3 amide bonds. The number of furan rings is 1. The highest BCUT2D eigenvalue weighted by Crippen LogP contribution is 1.99. The molecule has 0 saturated heterocycles. The van der Waals surface area contributed by atoms with Gasteiger partial charge in [-0.3, -0.25) is 25.2 Å². The Morgan fingerprint density at radius 1 is 1.00 bits per heavy atom. The standard InChI is InChI=1S/C12H10N4O4/c17-10(8-4-3-7-20-8)15-16-12(19)11(18)14-9-5-1-2-6-13-9/h1-7H,(H,15,17)(H,16,19)(H,13,14,18). The van der Waals surface area contributed by atoms with E-state index in [1.54, 1.807) is 12.1 Å². The summed E-state index contributed by atoms with van der Waals surface area (Å²) in [5.41, 5.74) is 3.99. The summed E-state index contributed by atoms with van der Waals surface area (Å²) in [5, 5.41) is 2.26. The molecule has 0 saturated carbocycles. The average molecular weight is 274 g/mol. The van der Waals surface area contributed by atoms with Gasteiger partial charge in [0.25, 0.3) is 0 Å². The summed E-state index contributed by atoms with van der Waals surface area (Å²) in [6, 6.07) is 7.77. The van der Waals surface area contributed by atoms with E-state index in [0.29, 0.717) is 0 Å². The lowest BCUT2D eigenvalue weighted by molar-refractivity contribution is -0.136. The van der Waals surface area contributed by atoms with E-state index in [-0.39, 0.29) is 11.6 Å². The molecule has 0 aliphatic carbocycles. The number of carbonyl (C=O) groups is 3. The molecule has 0 atom stereocenters. The first-order valence-corrected chi connectivity index (χ1v) is 5.53. The van der Waals surface area contributed by atoms with E-state index in [9.17, 15) is 14.4 Å². The van der Waals surface area contributed by atoms with Gasteiger partial charge in [-0.15, -0.1) is 0 Å². The van der Waals surface area contributed by atoms with Crippen molar-refractivity contribution in [2.75, 3.05) is 5.32 Å². The number of pyridine rings is 1. The maximum atomic E-state index is 11.5. The highest BCUT2D eigenvalue weighted by atomic mass is 16.3. The molecule has 0 aromatic carbocycles. The van der Waals surface area contributed by atoms with Crippen LogP contribution >= 0.6 is 0 Å². The zero-order valence-electron chi connectivity index (χ0n) is 10.1. The Hall–Kier alpha value is -3.16. The van der Waals surface area contributed by atoms with Crippen LogP contribution in [0.25, 0.3) is 0 Å². The van der Waals surface area contributed by atoms with Gasteiger partial charge in [-0.1, -0.05) is 6.07 Å². The van der Waals surface area contributed by atoms with Crippen LogP contribution in [0.1, 0.15) is 10.6 Å². The Bertz CT molecular complexity index is 610. The van der Waals surface area contributed by atoms with Crippen molar-refractivity contribution in [3.8, 4) is 0 Å². The summed E-state index contributed by atoms with van der Waals surface area (Å²) in [6.07, 6.45) is 2.77. The van der Waals surface area contributed by atoms with Gasteiger partial charge < -0.3 is 9.73 Å². The van der Waals surface area contributed by atoms with Gasteiger partial charge in [0.2, 0.25) is 0 Å². The number of hydrogen-bond donors (Lipinski definition) is 3. The first kappa shape index (κ1) is 13.3. The van der Waals surface area contributed by atoms with E-state index in [1.807, 2.05) is 10.9 Å². The van der Waals surface area contributed by atoms with E-state index in [4.69, 9.17) is 4.42 Å². The monoisotopic (exact) mass is 274 g/mol. The Morgan fingerprint density at radius 2 is 1.85 bits per heavy atom. The highest BCUT2D eigenvalue weighted by Gasteiger charge is 2.16. The average Bonchev–Trinajstić information content (AvgIpc) is 2.99. The van der Waals surface area contributed by atoms with Crippen molar-refractivity contribution < 1.29 is 18.8 Å². The van der Waals surface area contributed by atoms with Gasteiger partial charge in [0.05, 0.1) is 6.26 Å². The predicted molar refractivity (Wildman–Crippen MR) is 67.2 cm³/mol. The van der Waals surface area contributed by atoms with Gasteiger partial charge in [0.1, 0.15) is 5.82 Å². The summed E-state index contributed by atoms with van der Waals surface area (Å²) in [6.45, 7) is 0. The Kier molecular flexibility index (Phi) is 4.07. The van der Waals surface area contributed by atoms with Crippen LogP contribution in [-0.4, -0.2) is 22.7 Å². The van der Waals surface area contributed by atoms with Crippen LogP contribution in [0.4, 0.5) is 5.82 Å². The molecule has 8 heteroatoms. The molecule has 0 bridgehead atoms. The number of aromatic nitrogens is 1. The third kappa shape index (κ3) is 3.42. The maximum Gasteiger partial charge on any atom is 0.328 e. The largest absolute Gasteiger partial charge is 0.459 e. The summed E-state index contributed by atoms with van der Waals surface area (Å²) >= 11 is 0. The fourth-order valence-electron chi connectivity index (χ4n) is 1.25. The Labute approximate surface area is 113 Å². The summed E-state index contributed by atoms with van der Waals surface area (Å²) < 4.78 is 4.81. The lowest BCUT2D eigenvalue weighted by Gasteiger charge is -2.06. The highest BCUT2D eigenvalue weighted by molar-refractivity contribution is 6.39. The zero-order chi connectivity index (χ0) is 14.4. The zero-order valence-corrected chi connectivity index (χ0v) is 10.1. The minimum absolute atomic E-state index is 0.00966. The maximum absolute atomic E-state index is 11.5. The number of carbonyl (C=O) groups excluding carboxylic acids is 3. The molecule has 0 radical (unpaired) electrons. The SMILES string of the molecule is O=C(NNC(=O)c1ccco1)C(=O)Nc1ccccn1. The number of hydrazine groups is 1. The number of amides is 3. The minimum atomic E-state index is -1.03. The molecule has 0 unspecified atom stereocenters. The van der Waals surface area contributed by atoms with E-state index >= 15 is 0 Å². The van der Waals surface area contributed by atoms with Gasteiger partial charge in [0, 0.05) is 6.20 Å². The summed E-state index contributed by atoms with van der Waals surface area (Å²) in [7, 11) is 0. The van der Waals surface area contributed by atoms with Crippen LogP contribution in [-0.2, 0) is 9.59 Å². The fourth-order valence-corrected chi connectivity index (χ4v) is 1.25. The van der Waals surface area contributed by atoms with Gasteiger partial charge in [-0.05, 0) is 24.3 Å². The smallest absolute Gasteiger partial charge is 0.328 e. The lowest BCUT2D eigenvalue weighted by atomic mass is 10.4. The van der Waals surface area contributed by atoms with Crippen LogP contribution < -0.4 is 16.2 Å². The number of nitrogens with one attached hydrogen (secondary N) is 3. The number of hydrogen-bond acceptors (Lipinski definition) is 5. The molecule has 0 aliphatic heterocycles. The molecule has 0 fully saturated rings. The lowest BCUT2D eigenvalue weighted by Crippen LogP contribution is -2.46. The molecule has 0 spiro atoms. The van der Waals surface area contributed by atoms with Gasteiger partial charge in [-0.25, -0.2) is 4.98 Å². The van der Waals surface area contributed by atoms with E-state index in [1.165, 1.54) is 30.7 Å². The van der Waals surface area contributed by atoms with Crippen LogP contribution in [0.3, 0.4) is 0 Å². The van der Waals surface area contributed by atoms with Crippen LogP contribution in [0.2, 0.25) is 0 Å². The van der Waals surface area contributed by atoms with Crippen molar-refractivity contribution in [2.45, 2.75) is 0 Å². The fraction of sp³-hybridized carbons (Fsp3) is 0. The normalized spacial score (nSPS) is 9.60. The molecular formula is C12H10N4O4.